The van der Waals surface area contributed by atoms with Crippen molar-refractivity contribution in [1.82, 2.24) is 25.7 Å². The van der Waals surface area contributed by atoms with Crippen LogP contribution >= 0.6 is 0 Å². The van der Waals surface area contributed by atoms with Gasteiger partial charge >= 0.3 is 6.09 Å². The minimum Gasteiger partial charge on any atom is -0.444 e. The quantitative estimate of drug-likeness (QED) is 0.389. The molecule has 0 aliphatic heterocycles. The van der Waals surface area contributed by atoms with Crippen LogP contribution in [0.3, 0.4) is 0 Å². The summed E-state index contributed by atoms with van der Waals surface area (Å²) in [6.45, 7) is 14.4. The van der Waals surface area contributed by atoms with Crippen molar-refractivity contribution in [3.8, 4) is 0 Å². The van der Waals surface area contributed by atoms with Crippen LogP contribution in [0.2, 0.25) is 0 Å². The van der Waals surface area contributed by atoms with Crippen LogP contribution in [0.1, 0.15) is 39.1 Å². The third-order valence-electron chi connectivity index (χ3n) is 3.52. The Kier molecular flexibility index (Phi) is 8.41. The number of alkyl carbamates (subject to hydrolysis) is 1. The summed E-state index contributed by atoms with van der Waals surface area (Å²) in [6.07, 6.45) is -0.416. The first-order chi connectivity index (χ1) is 12.1. The molecule has 1 aromatic heterocycles. The number of aryl methyl sites for hydroxylation is 2. The van der Waals surface area contributed by atoms with Crippen LogP contribution < -0.4 is 16.0 Å². The molecule has 0 spiro atoms. The van der Waals surface area contributed by atoms with Crippen molar-refractivity contribution < 1.29 is 9.53 Å². The van der Waals surface area contributed by atoms with Crippen molar-refractivity contribution >= 4 is 12.1 Å². The number of rotatable bonds is 7. The van der Waals surface area contributed by atoms with E-state index < -0.39 is 11.7 Å². The second kappa shape index (κ2) is 10.0. The largest absolute Gasteiger partial charge is 0.444 e. The summed E-state index contributed by atoms with van der Waals surface area (Å²) in [5.74, 6) is 1.10. The first-order valence-electron chi connectivity index (χ1n) is 9.03. The van der Waals surface area contributed by atoms with Gasteiger partial charge in [-0.15, -0.1) is 0 Å². The van der Waals surface area contributed by atoms with Gasteiger partial charge in [0.15, 0.2) is 5.96 Å². The van der Waals surface area contributed by atoms with Gasteiger partial charge in [-0.25, -0.2) is 4.79 Å². The summed E-state index contributed by atoms with van der Waals surface area (Å²) in [6, 6.07) is 2.08. The molecule has 0 aliphatic rings. The van der Waals surface area contributed by atoms with Gasteiger partial charge in [-0.1, -0.05) is 6.92 Å². The van der Waals surface area contributed by atoms with Crippen molar-refractivity contribution in [2.75, 3.05) is 26.7 Å². The molecular formula is C18H34N6O2. The van der Waals surface area contributed by atoms with Crippen LogP contribution in [0.15, 0.2) is 11.1 Å². The number of aliphatic imine (C=N–C) groups is 1. The summed E-state index contributed by atoms with van der Waals surface area (Å²) < 4.78 is 7.22. The predicted octanol–water partition coefficient (Wildman–Crippen LogP) is 1.83. The Bertz CT molecular complexity index is 603. The maximum atomic E-state index is 11.6. The van der Waals surface area contributed by atoms with E-state index in [-0.39, 0.29) is 0 Å². The number of carbonyl (C=O) groups excluding carboxylic acids is 1. The molecular weight excluding hydrogens is 332 g/mol. The van der Waals surface area contributed by atoms with Crippen LogP contribution in [0.25, 0.3) is 0 Å². The Hall–Kier alpha value is -2.25. The van der Waals surface area contributed by atoms with E-state index in [2.05, 4.69) is 46.0 Å². The van der Waals surface area contributed by atoms with Gasteiger partial charge in [0.25, 0.3) is 0 Å². The van der Waals surface area contributed by atoms with Crippen LogP contribution in [0.5, 0.6) is 0 Å². The molecule has 1 unspecified atom stereocenters. The number of amides is 1. The van der Waals surface area contributed by atoms with Gasteiger partial charge in [-0.05, 0) is 46.6 Å². The summed E-state index contributed by atoms with van der Waals surface area (Å²) >= 11 is 0. The molecule has 0 saturated carbocycles. The second-order valence-electron chi connectivity index (χ2n) is 7.52. The highest BCUT2D eigenvalue weighted by Crippen LogP contribution is 2.06. The summed E-state index contributed by atoms with van der Waals surface area (Å²) in [7, 11) is 1.72. The smallest absolute Gasteiger partial charge is 0.407 e. The van der Waals surface area contributed by atoms with E-state index in [9.17, 15) is 4.79 Å². The molecule has 0 saturated heterocycles. The lowest BCUT2D eigenvalue weighted by Gasteiger charge is -2.20. The highest BCUT2D eigenvalue weighted by Gasteiger charge is 2.15. The fraction of sp³-hybridized carbons (Fsp3) is 0.722. The number of nitrogens with zero attached hydrogens (tertiary/aromatic N) is 3. The van der Waals surface area contributed by atoms with Crippen LogP contribution in [0, 0.1) is 19.8 Å². The van der Waals surface area contributed by atoms with E-state index >= 15 is 0 Å². The molecule has 0 aliphatic carbocycles. The molecule has 0 aromatic carbocycles. The zero-order chi connectivity index (χ0) is 19.7. The van der Waals surface area contributed by atoms with E-state index in [4.69, 9.17) is 4.74 Å². The third-order valence-corrected chi connectivity index (χ3v) is 3.52. The normalized spacial score (nSPS) is 13.3. The highest BCUT2D eigenvalue weighted by atomic mass is 16.6. The molecule has 0 radical (unpaired) electrons. The van der Waals surface area contributed by atoms with Gasteiger partial charge in [-0.3, -0.25) is 9.67 Å². The topological polar surface area (TPSA) is 92.6 Å². The van der Waals surface area contributed by atoms with E-state index in [0.717, 1.165) is 18.8 Å². The average molecular weight is 367 g/mol. The fourth-order valence-electron chi connectivity index (χ4n) is 2.37. The molecule has 0 fully saturated rings. The summed E-state index contributed by atoms with van der Waals surface area (Å²) in [5, 5.41) is 13.7. The number of hydrogen-bond donors (Lipinski definition) is 3. The standard InChI is InChI=1S/C18H34N6O2/c1-13(12-24-15(3)10-14(2)23-24)11-22-16(19-7)20-8-9-21-17(25)26-18(4,5)6/h10,13H,8-9,11-12H2,1-7H3,(H,21,25)(H2,19,20,22). The molecule has 0 bridgehead atoms. The number of nitrogens with one attached hydrogen (secondary N) is 3. The molecule has 3 N–H and O–H groups in total. The highest BCUT2D eigenvalue weighted by molar-refractivity contribution is 5.79. The number of aromatic nitrogens is 2. The van der Waals surface area contributed by atoms with E-state index in [1.165, 1.54) is 5.69 Å². The first kappa shape index (κ1) is 21.8. The van der Waals surface area contributed by atoms with Gasteiger partial charge in [0.1, 0.15) is 5.60 Å². The van der Waals surface area contributed by atoms with Gasteiger partial charge < -0.3 is 20.7 Å². The Morgan fingerprint density at radius 2 is 1.92 bits per heavy atom. The molecule has 1 rings (SSSR count). The molecule has 1 atom stereocenters. The maximum Gasteiger partial charge on any atom is 0.407 e. The molecule has 1 heterocycles. The molecule has 1 amide bonds. The third kappa shape index (κ3) is 8.73. The Morgan fingerprint density at radius 1 is 1.27 bits per heavy atom. The Balaban J connectivity index is 2.26. The average Bonchev–Trinajstić information content (AvgIpc) is 2.82. The monoisotopic (exact) mass is 366 g/mol. The molecule has 8 nitrogen and oxygen atoms in total. The summed E-state index contributed by atoms with van der Waals surface area (Å²) in [4.78, 5) is 15.8. The second-order valence-corrected chi connectivity index (χ2v) is 7.52. The van der Waals surface area contributed by atoms with Gasteiger partial charge in [0, 0.05) is 38.9 Å². The van der Waals surface area contributed by atoms with Crippen molar-refractivity contribution in [2.24, 2.45) is 10.9 Å². The number of guanidine groups is 1. The lowest BCUT2D eigenvalue weighted by atomic mass is 10.2. The molecule has 148 valence electrons. The lowest BCUT2D eigenvalue weighted by molar-refractivity contribution is 0.0529. The van der Waals surface area contributed by atoms with Crippen molar-refractivity contribution in [1.29, 1.82) is 0 Å². The Morgan fingerprint density at radius 3 is 2.46 bits per heavy atom. The van der Waals surface area contributed by atoms with E-state index in [0.29, 0.717) is 25.0 Å². The minimum absolute atomic E-state index is 0.395. The fourth-order valence-corrected chi connectivity index (χ4v) is 2.37. The number of hydrogen-bond acceptors (Lipinski definition) is 4. The van der Waals surface area contributed by atoms with Crippen LogP contribution in [-0.4, -0.2) is 54.1 Å². The van der Waals surface area contributed by atoms with Crippen LogP contribution in [-0.2, 0) is 11.3 Å². The Labute approximate surface area is 156 Å². The van der Waals surface area contributed by atoms with Crippen molar-refractivity contribution in [3.05, 3.63) is 17.5 Å². The molecule has 26 heavy (non-hydrogen) atoms. The van der Waals surface area contributed by atoms with Gasteiger partial charge in [0.05, 0.1) is 5.69 Å². The van der Waals surface area contributed by atoms with Crippen molar-refractivity contribution in [2.45, 2.75) is 53.7 Å². The van der Waals surface area contributed by atoms with Gasteiger partial charge in [0.2, 0.25) is 0 Å². The zero-order valence-electron chi connectivity index (χ0n) is 17.1. The summed E-state index contributed by atoms with van der Waals surface area (Å²) in [5.41, 5.74) is 1.72. The number of ether oxygens (including phenoxy) is 1. The van der Waals surface area contributed by atoms with Crippen LogP contribution in [0.4, 0.5) is 4.79 Å². The van der Waals surface area contributed by atoms with Gasteiger partial charge in [-0.2, -0.15) is 5.10 Å². The number of carbonyl (C=O) groups is 1. The minimum atomic E-state index is -0.489. The van der Waals surface area contributed by atoms with E-state index in [1.54, 1.807) is 7.05 Å². The predicted molar refractivity (Wildman–Crippen MR) is 104 cm³/mol. The SMILES string of the molecule is CN=C(NCCNC(=O)OC(C)(C)C)NCC(C)Cn1nc(C)cc1C. The maximum absolute atomic E-state index is 11.6. The molecule has 8 heteroatoms. The first-order valence-corrected chi connectivity index (χ1v) is 9.03. The van der Waals surface area contributed by atoms with Crippen molar-refractivity contribution in [3.63, 3.8) is 0 Å². The molecule has 1 aromatic rings. The van der Waals surface area contributed by atoms with E-state index in [1.807, 2.05) is 32.4 Å². The zero-order valence-corrected chi connectivity index (χ0v) is 17.1. The lowest BCUT2D eigenvalue weighted by Crippen LogP contribution is -2.43.